The molecule has 0 bridgehead atoms. The van der Waals surface area contributed by atoms with Gasteiger partial charge in [0.25, 0.3) is 0 Å². The van der Waals surface area contributed by atoms with Gasteiger partial charge in [-0.2, -0.15) is 0 Å². The fourth-order valence-corrected chi connectivity index (χ4v) is 2.81. The van der Waals surface area contributed by atoms with E-state index in [1.807, 2.05) is 0 Å². The number of hydrogen-bond acceptors (Lipinski definition) is 2. The number of nitrogens with one attached hydrogen (secondary N) is 1. The lowest BCUT2D eigenvalue weighted by Crippen LogP contribution is -2.45. The highest BCUT2D eigenvalue weighted by Gasteiger charge is 2.28. The van der Waals surface area contributed by atoms with E-state index in [0.717, 1.165) is 32.1 Å². The lowest BCUT2D eigenvalue weighted by Gasteiger charge is -2.34. The maximum atomic E-state index is 13.7. The Labute approximate surface area is 108 Å². The standard InChI is InChI=1S/C15H22FNO/c1-2-6-11-7-5-10-14(17-11)15(18)12-8-3-4-9-13(12)16/h3-4,8-9,11,14-15,17-18H,2,5-7,10H2,1H3/t11-,14-,15?/m1/s1. The zero-order chi connectivity index (χ0) is 13.0. The van der Waals surface area contributed by atoms with Crippen molar-refractivity contribution in [2.45, 2.75) is 57.2 Å². The van der Waals surface area contributed by atoms with Crippen LogP contribution in [0.3, 0.4) is 0 Å². The van der Waals surface area contributed by atoms with Gasteiger partial charge in [0, 0.05) is 17.6 Å². The van der Waals surface area contributed by atoms with E-state index >= 15 is 0 Å². The molecule has 1 aromatic rings. The summed E-state index contributed by atoms with van der Waals surface area (Å²) in [6, 6.07) is 6.95. The summed E-state index contributed by atoms with van der Waals surface area (Å²) in [6.07, 6.45) is 4.70. The third kappa shape index (κ3) is 3.09. The van der Waals surface area contributed by atoms with E-state index < -0.39 is 6.10 Å². The van der Waals surface area contributed by atoms with E-state index in [9.17, 15) is 9.50 Å². The lowest BCUT2D eigenvalue weighted by molar-refractivity contribution is 0.0966. The zero-order valence-corrected chi connectivity index (χ0v) is 10.9. The summed E-state index contributed by atoms with van der Waals surface area (Å²) in [4.78, 5) is 0. The van der Waals surface area contributed by atoms with Gasteiger partial charge in [-0.3, -0.25) is 0 Å². The van der Waals surface area contributed by atoms with Crippen molar-refractivity contribution in [3.63, 3.8) is 0 Å². The summed E-state index contributed by atoms with van der Waals surface area (Å²) in [5.74, 6) is -0.315. The highest BCUT2D eigenvalue weighted by Crippen LogP contribution is 2.27. The van der Waals surface area contributed by atoms with Gasteiger partial charge in [0.15, 0.2) is 0 Å². The Bertz CT molecular complexity index is 381. The second kappa shape index (κ2) is 6.30. The maximum Gasteiger partial charge on any atom is 0.129 e. The molecule has 0 radical (unpaired) electrons. The molecular weight excluding hydrogens is 229 g/mol. The average molecular weight is 251 g/mol. The van der Waals surface area contributed by atoms with Crippen molar-refractivity contribution < 1.29 is 9.50 Å². The molecule has 1 aliphatic heterocycles. The Morgan fingerprint density at radius 2 is 2.17 bits per heavy atom. The molecule has 1 heterocycles. The van der Waals surface area contributed by atoms with Gasteiger partial charge in [-0.25, -0.2) is 4.39 Å². The van der Waals surface area contributed by atoms with Crippen molar-refractivity contribution >= 4 is 0 Å². The third-order valence-corrected chi connectivity index (χ3v) is 3.76. The van der Waals surface area contributed by atoms with Gasteiger partial charge in [0.05, 0.1) is 6.10 Å². The second-order valence-corrected chi connectivity index (χ2v) is 5.16. The number of aliphatic hydroxyl groups is 1. The van der Waals surface area contributed by atoms with E-state index in [0.29, 0.717) is 11.6 Å². The molecule has 100 valence electrons. The molecule has 3 atom stereocenters. The van der Waals surface area contributed by atoms with Crippen LogP contribution in [-0.4, -0.2) is 17.2 Å². The Morgan fingerprint density at radius 1 is 1.39 bits per heavy atom. The number of piperidine rings is 1. The molecule has 3 heteroatoms. The van der Waals surface area contributed by atoms with Gasteiger partial charge in [0.2, 0.25) is 0 Å². The molecule has 2 N–H and O–H groups in total. The molecule has 0 spiro atoms. The highest BCUT2D eigenvalue weighted by atomic mass is 19.1. The Balaban J connectivity index is 2.04. The molecule has 1 aliphatic rings. The molecule has 2 rings (SSSR count). The predicted molar refractivity (Wildman–Crippen MR) is 70.8 cm³/mol. The first-order valence-corrected chi connectivity index (χ1v) is 6.91. The summed E-state index contributed by atoms with van der Waals surface area (Å²) in [5.41, 5.74) is 0.409. The topological polar surface area (TPSA) is 32.3 Å². The van der Waals surface area contributed by atoms with E-state index in [4.69, 9.17) is 0 Å². The fourth-order valence-electron chi connectivity index (χ4n) is 2.81. The van der Waals surface area contributed by atoms with Crippen LogP contribution in [0.15, 0.2) is 24.3 Å². The quantitative estimate of drug-likeness (QED) is 0.861. The number of rotatable bonds is 4. The van der Waals surface area contributed by atoms with Gasteiger partial charge >= 0.3 is 0 Å². The molecular formula is C15H22FNO. The lowest BCUT2D eigenvalue weighted by atomic mass is 9.90. The summed E-state index contributed by atoms with van der Waals surface area (Å²) in [7, 11) is 0. The second-order valence-electron chi connectivity index (χ2n) is 5.16. The van der Waals surface area contributed by atoms with E-state index in [1.165, 1.54) is 6.07 Å². The van der Waals surface area contributed by atoms with Crippen LogP contribution in [0, 0.1) is 5.82 Å². The molecule has 18 heavy (non-hydrogen) atoms. The van der Waals surface area contributed by atoms with Crippen LogP contribution >= 0.6 is 0 Å². The van der Waals surface area contributed by atoms with Crippen molar-refractivity contribution in [1.29, 1.82) is 0 Å². The first-order chi connectivity index (χ1) is 8.72. The Hall–Kier alpha value is -0.930. The van der Waals surface area contributed by atoms with Crippen molar-refractivity contribution in [1.82, 2.24) is 5.32 Å². The summed E-state index contributed by atoms with van der Waals surface area (Å²) < 4.78 is 13.7. The van der Waals surface area contributed by atoms with Crippen molar-refractivity contribution in [3.05, 3.63) is 35.6 Å². The molecule has 0 amide bonds. The zero-order valence-electron chi connectivity index (χ0n) is 10.9. The predicted octanol–water partition coefficient (Wildman–Crippen LogP) is 3.17. The van der Waals surface area contributed by atoms with Crippen molar-refractivity contribution in [2.75, 3.05) is 0 Å². The van der Waals surface area contributed by atoms with Crippen LogP contribution in [0.25, 0.3) is 0 Å². The normalized spacial score (nSPS) is 25.9. The molecule has 1 fully saturated rings. The number of aliphatic hydroxyl groups excluding tert-OH is 1. The van der Waals surface area contributed by atoms with Crippen LogP contribution in [0.4, 0.5) is 4.39 Å². The van der Waals surface area contributed by atoms with Crippen LogP contribution in [-0.2, 0) is 0 Å². The van der Waals surface area contributed by atoms with Gasteiger partial charge in [-0.1, -0.05) is 38.0 Å². The highest BCUT2D eigenvalue weighted by molar-refractivity contribution is 5.21. The minimum absolute atomic E-state index is 0.0211. The number of halogens is 1. The van der Waals surface area contributed by atoms with Crippen molar-refractivity contribution in [3.8, 4) is 0 Å². The number of hydrogen-bond donors (Lipinski definition) is 2. The van der Waals surface area contributed by atoms with Crippen LogP contribution < -0.4 is 5.32 Å². The molecule has 0 aromatic heterocycles. The molecule has 2 nitrogen and oxygen atoms in total. The molecule has 1 aromatic carbocycles. The Kier molecular flexibility index (Phi) is 4.72. The first kappa shape index (κ1) is 13.5. The SMILES string of the molecule is CCC[C@@H]1CCC[C@H](C(O)c2ccccc2F)N1. The van der Waals surface area contributed by atoms with Crippen LogP contribution in [0.2, 0.25) is 0 Å². The fraction of sp³-hybridized carbons (Fsp3) is 0.600. The summed E-state index contributed by atoms with van der Waals surface area (Å²) in [6.45, 7) is 2.17. The minimum Gasteiger partial charge on any atom is -0.387 e. The summed E-state index contributed by atoms with van der Waals surface area (Å²) in [5, 5.41) is 13.8. The third-order valence-electron chi connectivity index (χ3n) is 3.76. The van der Waals surface area contributed by atoms with Gasteiger partial charge in [-0.05, 0) is 25.3 Å². The van der Waals surface area contributed by atoms with E-state index in [1.54, 1.807) is 18.2 Å². The van der Waals surface area contributed by atoms with Crippen LogP contribution in [0.1, 0.15) is 50.7 Å². The molecule has 1 saturated heterocycles. The minimum atomic E-state index is -0.745. The van der Waals surface area contributed by atoms with Gasteiger partial charge in [-0.15, -0.1) is 0 Å². The first-order valence-electron chi connectivity index (χ1n) is 6.91. The molecule has 0 saturated carbocycles. The van der Waals surface area contributed by atoms with Gasteiger partial charge < -0.3 is 10.4 Å². The van der Waals surface area contributed by atoms with E-state index in [2.05, 4.69) is 12.2 Å². The largest absolute Gasteiger partial charge is 0.387 e. The maximum absolute atomic E-state index is 13.7. The molecule has 1 unspecified atom stereocenters. The number of benzene rings is 1. The monoisotopic (exact) mass is 251 g/mol. The Morgan fingerprint density at radius 3 is 2.89 bits per heavy atom. The summed E-state index contributed by atoms with van der Waals surface area (Å²) >= 11 is 0. The average Bonchev–Trinajstić information content (AvgIpc) is 2.39. The van der Waals surface area contributed by atoms with Gasteiger partial charge in [0.1, 0.15) is 5.82 Å². The smallest absolute Gasteiger partial charge is 0.129 e. The molecule has 0 aliphatic carbocycles. The van der Waals surface area contributed by atoms with E-state index in [-0.39, 0.29) is 11.9 Å². The van der Waals surface area contributed by atoms with Crippen LogP contribution in [0.5, 0.6) is 0 Å². The van der Waals surface area contributed by atoms with Crippen molar-refractivity contribution in [2.24, 2.45) is 0 Å².